The topological polar surface area (TPSA) is 95.7 Å². The van der Waals surface area contributed by atoms with Gasteiger partial charge in [0.15, 0.2) is 0 Å². The van der Waals surface area contributed by atoms with Crippen LogP contribution in [0.2, 0.25) is 0 Å². The number of carboxylic acid groups (broad SMARTS) is 1. The van der Waals surface area contributed by atoms with Crippen LogP contribution >= 0.6 is 0 Å². The van der Waals surface area contributed by atoms with Gasteiger partial charge in [0.25, 0.3) is 0 Å². The van der Waals surface area contributed by atoms with E-state index in [2.05, 4.69) is 10.2 Å². The second kappa shape index (κ2) is 6.85. The number of carbonyl (C=O) groups is 1. The zero-order valence-corrected chi connectivity index (χ0v) is 11.8. The van der Waals surface area contributed by atoms with Crippen molar-refractivity contribution in [3.05, 3.63) is 33.9 Å². The van der Waals surface area contributed by atoms with Crippen molar-refractivity contribution in [2.24, 2.45) is 0 Å². The monoisotopic (exact) mass is 281 g/mol. The molecular formula is C13H19N3O4. The molecule has 0 unspecified atom stereocenters. The fourth-order valence-electron chi connectivity index (χ4n) is 1.68. The molecule has 2 N–H and O–H groups in total. The summed E-state index contributed by atoms with van der Waals surface area (Å²) in [4.78, 5) is 23.5. The molecule has 0 aliphatic rings. The number of nitrogens with one attached hydrogen (secondary N) is 1. The number of para-hydroxylation sites is 1. The number of nitro groups is 1. The normalized spacial score (nSPS) is 10.8. The summed E-state index contributed by atoms with van der Waals surface area (Å²) < 4.78 is 0. The Morgan fingerprint density at radius 2 is 2.15 bits per heavy atom. The number of nitro benzene ring substituents is 1. The molecule has 0 spiro atoms. The van der Waals surface area contributed by atoms with Crippen LogP contribution in [0.15, 0.2) is 18.2 Å². The average Bonchev–Trinajstić information content (AvgIpc) is 2.37. The van der Waals surface area contributed by atoms with E-state index in [4.69, 9.17) is 5.11 Å². The molecular weight excluding hydrogens is 262 g/mol. The van der Waals surface area contributed by atoms with Gasteiger partial charge in [0.2, 0.25) is 0 Å². The van der Waals surface area contributed by atoms with Crippen molar-refractivity contribution in [2.75, 3.05) is 25.5 Å². The highest BCUT2D eigenvalue weighted by Gasteiger charge is 2.23. The van der Waals surface area contributed by atoms with Crippen molar-refractivity contribution in [1.82, 2.24) is 4.90 Å². The van der Waals surface area contributed by atoms with Crippen molar-refractivity contribution >= 4 is 17.3 Å². The molecule has 0 saturated carbocycles. The van der Waals surface area contributed by atoms with Crippen molar-refractivity contribution in [2.45, 2.75) is 19.9 Å². The van der Waals surface area contributed by atoms with Crippen molar-refractivity contribution in [1.29, 1.82) is 0 Å². The van der Waals surface area contributed by atoms with E-state index in [0.29, 0.717) is 19.1 Å². The van der Waals surface area contributed by atoms with Crippen LogP contribution in [-0.4, -0.2) is 47.1 Å². The molecule has 110 valence electrons. The average molecular weight is 281 g/mol. The van der Waals surface area contributed by atoms with Crippen LogP contribution < -0.4 is 5.32 Å². The zero-order chi connectivity index (χ0) is 15.3. The number of hydrogen-bond acceptors (Lipinski definition) is 5. The predicted octanol–water partition coefficient (Wildman–Crippen LogP) is 2.05. The first-order valence-corrected chi connectivity index (χ1v) is 6.29. The first kappa shape index (κ1) is 15.9. The maximum absolute atomic E-state index is 11.0. The lowest BCUT2D eigenvalue weighted by Gasteiger charge is -2.21. The standard InChI is InChI=1S/C13H19N3O4/c1-9(2)15(3)8-7-14-11-6-4-5-10(13(17)18)12(11)16(19)20/h4-6,9,14H,7-8H2,1-3H3,(H,17,18). The Morgan fingerprint density at radius 1 is 1.50 bits per heavy atom. The van der Waals surface area contributed by atoms with Crippen LogP contribution in [0.3, 0.4) is 0 Å². The van der Waals surface area contributed by atoms with Gasteiger partial charge in [0.1, 0.15) is 11.3 Å². The molecule has 0 aromatic heterocycles. The molecule has 0 bridgehead atoms. The number of anilines is 1. The van der Waals surface area contributed by atoms with E-state index in [1.165, 1.54) is 18.2 Å². The van der Waals surface area contributed by atoms with Crippen LogP contribution in [-0.2, 0) is 0 Å². The third kappa shape index (κ3) is 3.92. The maximum atomic E-state index is 11.0. The predicted molar refractivity (Wildman–Crippen MR) is 76.3 cm³/mol. The Labute approximate surface area is 117 Å². The number of rotatable bonds is 7. The van der Waals surface area contributed by atoms with E-state index >= 15 is 0 Å². The molecule has 7 nitrogen and oxygen atoms in total. The van der Waals surface area contributed by atoms with Gasteiger partial charge in [-0.15, -0.1) is 0 Å². The summed E-state index contributed by atoms with van der Waals surface area (Å²) in [5.41, 5.74) is -0.475. The first-order chi connectivity index (χ1) is 9.34. The first-order valence-electron chi connectivity index (χ1n) is 6.29. The number of likely N-dealkylation sites (N-methyl/N-ethyl adjacent to an activating group) is 1. The summed E-state index contributed by atoms with van der Waals surface area (Å²) in [5, 5.41) is 23.0. The minimum absolute atomic E-state index is 0.229. The Kier molecular flexibility index (Phi) is 5.45. The summed E-state index contributed by atoms with van der Waals surface area (Å²) in [6, 6.07) is 4.61. The molecule has 1 aromatic carbocycles. The molecule has 1 rings (SSSR count). The quantitative estimate of drug-likeness (QED) is 0.586. The summed E-state index contributed by atoms with van der Waals surface area (Å²) in [7, 11) is 1.95. The third-order valence-electron chi connectivity index (χ3n) is 3.11. The lowest BCUT2D eigenvalue weighted by atomic mass is 10.1. The minimum atomic E-state index is -1.31. The maximum Gasteiger partial charge on any atom is 0.342 e. The SMILES string of the molecule is CC(C)N(C)CCNc1cccc(C(=O)O)c1[N+](=O)[O-]. The molecule has 0 radical (unpaired) electrons. The number of hydrogen-bond donors (Lipinski definition) is 2. The summed E-state index contributed by atoms with van der Waals surface area (Å²) in [5.74, 6) is -1.31. The van der Waals surface area contributed by atoms with Gasteiger partial charge in [0.05, 0.1) is 4.92 Å². The summed E-state index contributed by atoms with van der Waals surface area (Å²) in [6.45, 7) is 5.30. The van der Waals surface area contributed by atoms with Crippen molar-refractivity contribution in [3.8, 4) is 0 Å². The van der Waals surface area contributed by atoms with Gasteiger partial charge >= 0.3 is 11.7 Å². The van der Waals surface area contributed by atoms with Gasteiger partial charge in [-0.3, -0.25) is 10.1 Å². The largest absolute Gasteiger partial charge is 0.477 e. The highest BCUT2D eigenvalue weighted by molar-refractivity contribution is 5.95. The van der Waals surface area contributed by atoms with Crippen LogP contribution in [0.4, 0.5) is 11.4 Å². The number of benzene rings is 1. The highest BCUT2D eigenvalue weighted by Crippen LogP contribution is 2.28. The Bertz CT molecular complexity index is 502. The fraction of sp³-hybridized carbons (Fsp3) is 0.462. The molecule has 0 saturated heterocycles. The third-order valence-corrected chi connectivity index (χ3v) is 3.11. The number of nitrogens with zero attached hydrogens (tertiary/aromatic N) is 2. The van der Waals surface area contributed by atoms with Gasteiger partial charge in [-0.2, -0.15) is 0 Å². The van der Waals surface area contributed by atoms with Gasteiger partial charge < -0.3 is 15.3 Å². The summed E-state index contributed by atoms with van der Waals surface area (Å²) in [6.07, 6.45) is 0. The van der Waals surface area contributed by atoms with Gasteiger partial charge in [-0.25, -0.2) is 4.79 Å². The molecule has 20 heavy (non-hydrogen) atoms. The van der Waals surface area contributed by atoms with Crippen LogP contribution in [0.1, 0.15) is 24.2 Å². The highest BCUT2D eigenvalue weighted by atomic mass is 16.6. The Balaban J connectivity index is 2.87. The van der Waals surface area contributed by atoms with Gasteiger partial charge in [-0.05, 0) is 33.0 Å². The molecule has 1 aromatic rings. The Morgan fingerprint density at radius 3 is 2.65 bits per heavy atom. The number of carboxylic acids is 1. The van der Waals surface area contributed by atoms with E-state index in [-0.39, 0.29) is 11.3 Å². The van der Waals surface area contributed by atoms with Crippen molar-refractivity contribution < 1.29 is 14.8 Å². The molecule has 0 fully saturated rings. The van der Waals surface area contributed by atoms with E-state index in [1.807, 2.05) is 20.9 Å². The number of aromatic carboxylic acids is 1. The van der Waals surface area contributed by atoms with Crippen LogP contribution in [0.5, 0.6) is 0 Å². The lowest BCUT2D eigenvalue weighted by molar-refractivity contribution is -0.384. The van der Waals surface area contributed by atoms with E-state index < -0.39 is 16.6 Å². The smallest absolute Gasteiger partial charge is 0.342 e. The van der Waals surface area contributed by atoms with Crippen molar-refractivity contribution in [3.63, 3.8) is 0 Å². The molecule has 0 atom stereocenters. The molecule has 0 amide bonds. The van der Waals surface area contributed by atoms with E-state index in [0.717, 1.165) is 0 Å². The lowest BCUT2D eigenvalue weighted by Crippen LogP contribution is -2.31. The van der Waals surface area contributed by atoms with E-state index in [1.54, 1.807) is 0 Å². The van der Waals surface area contributed by atoms with E-state index in [9.17, 15) is 14.9 Å². The minimum Gasteiger partial charge on any atom is -0.477 e. The molecule has 7 heteroatoms. The Hall–Kier alpha value is -2.15. The molecule has 0 aliphatic carbocycles. The van der Waals surface area contributed by atoms with Crippen LogP contribution in [0.25, 0.3) is 0 Å². The van der Waals surface area contributed by atoms with Gasteiger partial charge in [0, 0.05) is 19.1 Å². The summed E-state index contributed by atoms with van der Waals surface area (Å²) >= 11 is 0. The second-order valence-electron chi connectivity index (χ2n) is 4.77. The molecule has 0 heterocycles. The van der Waals surface area contributed by atoms with Crippen LogP contribution in [0, 0.1) is 10.1 Å². The fourth-order valence-corrected chi connectivity index (χ4v) is 1.68. The van der Waals surface area contributed by atoms with Gasteiger partial charge in [-0.1, -0.05) is 6.07 Å². The second-order valence-corrected chi connectivity index (χ2v) is 4.77. The molecule has 0 aliphatic heterocycles. The zero-order valence-electron chi connectivity index (χ0n) is 11.8.